The van der Waals surface area contributed by atoms with Gasteiger partial charge in [0.1, 0.15) is 11.9 Å². The Bertz CT molecular complexity index is 571. The fourth-order valence-electron chi connectivity index (χ4n) is 1.57. The van der Waals surface area contributed by atoms with Crippen LogP contribution < -0.4 is 8.91 Å². The van der Waals surface area contributed by atoms with Crippen molar-refractivity contribution in [1.82, 2.24) is 4.72 Å². The van der Waals surface area contributed by atoms with Gasteiger partial charge in [-0.25, -0.2) is 4.72 Å². The maximum absolute atomic E-state index is 11.5. The van der Waals surface area contributed by atoms with E-state index in [4.69, 9.17) is 4.18 Å². The van der Waals surface area contributed by atoms with Crippen molar-refractivity contribution < 1.29 is 17.1 Å². The molecule has 0 bridgehead atoms. The van der Waals surface area contributed by atoms with Crippen LogP contribution in [0.2, 0.25) is 0 Å². The summed E-state index contributed by atoms with van der Waals surface area (Å²) in [6, 6.07) is 7.03. The van der Waals surface area contributed by atoms with Gasteiger partial charge in [0.2, 0.25) is 0 Å². The van der Waals surface area contributed by atoms with Crippen LogP contribution in [0.15, 0.2) is 30.5 Å². The van der Waals surface area contributed by atoms with Crippen LogP contribution >= 0.6 is 0 Å². The van der Waals surface area contributed by atoms with E-state index in [0.717, 1.165) is 5.56 Å². The van der Waals surface area contributed by atoms with Gasteiger partial charge in [0.15, 0.2) is 5.75 Å². The molecule has 5 nitrogen and oxygen atoms in total. The molecule has 0 radical (unpaired) electrons. The van der Waals surface area contributed by atoms with Crippen LogP contribution in [0.4, 0.5) is 0 Å². The standard InChI is InChI=1S/C11H15N2O3S/c1-13(2,3)8-10-9-6-4-5-7-11(9)16-17(14,15)12-10/h4-8,12H,1-3H3/q+1. The second-order valence-electron chi connectivity index (χ2n) is 4.79. The first-order valence-electron chi connectivity index (χ1n) is 5.12. The van der Waals surface area contributed by atoms with E-state index in [0.29, 0.717) is 15.9 Å². The van der Waals surface area contributed by atoms with Crippen LogP contribution in [-0.4, -0.2) is 34.0 Å². The predicted molar refractivity (Wildman–Crippen MR) is 65.1 cm³/mol. The SMILES string of the molecule is C[N+](C)(C)C=C1NS(=O)(=O)Oc2ccccc21. The van der Waals surface area contributed by atoms with Crippen molar-refractivity contribution in [1.29, 1.82) is 0 Å². The van der Waals surface area contributed by atoms with Crippen LogP contribution in [0.25, 0.3) is 5.70 Å². The normalized spacial score (nSPS) is 20.3. The molecule has 0 saturated heterocycles. The van der Waals surface area contributed by atoms with Crippen LogP contribution in [0.1, 0.15) is 5.56 Å². The van der Waals surface area contributed by atoms with E-state index in [9.17, 15) is 8.42 Å². The van der Waals surface area contributed by atoms with Gasteiger partial charge in [0, 0.05) is 5.56 Å². The summed E-state index contributed by atoms with van der Waals surface area (Å²) in [6.07, 6.45) is 1.82. The van der Waals surface area contributed by atoms with E-state index < -0.39 is 10.3 Å². The molecule has 0 saturated carbocycles. The van der Waals surface area contributed by atoms with Gasteiger partial charge in [-0.15, -0.1) is 0 Å². The van der Waals surface area contributed by atoms with Gasteiger partial charge in [0.05, 0.1) is 21.1 Å². The van der Waals surface area contributed by atoms with Crippen LogP contribution in [0.3, 0.4) is 0 Å². The lowest BCUT2D eigenvalue weighted by Gasteiger charge is -2.24. The summed E-state index contributed by atoms with van der Waals surface area (Å²) >= 11 is 0. The lowest BCUT2D eigenvalue weighted by Crippen LogP contribution is -2.35. The van der Waals surface area contributed by atoms with E-state index in [1.54, 1.807) is 12.1 Å². The van der Waals surface area contributed by atoms with E-state index in [1.165, 1.54) is 0 Å². The maximum Gasteiger partial charge on any atom is 0.407 e. The predicted octanol–water partition coefficient (Wildman–Crippen LogP) is 0.918. The Morgan fingerprint density at radius 3 is 2.53 bits per heavy atom. The molecule has 17 heavy (non-hydrogen) atoms. The molecule has 0 atom stereocenters. The highest BCUT2D eigenvalue weighted by Crippen LogP contribution is 2.30. The first-order valence-corrected chi connectivity index (χ1v) is 6.53. The molecule has 6 heteroatoms. The van der Waals surface area contributed by atoms with Crippen LogP contribution in [-0.2, 0) is 10.3 Å². The molecule has 1 aliphatic heterocycles. The number of hydrogen-bond acceptors (Lipinski definition) is 3. The molecule has 1 aromatic rings. The Morgan fingerprint density at radius 2 is 1.88 bits per heavy atom. The van der Waals surface area contributed by atoms with Crippen molar-refractivity contribution >= 4 is 16.0 Å². The summed E-state index contributed by atoms with van der Waals surface area (Å²) in [5.74, 6) is 0.353. The molecule has 2 rings (SSSR count). The monoisotopic (exact) mass is 255 g/mol. The maximum atomic E-state index is 11.5. The van der Waals surface area contributed by atoms with Gasteiger partial charge >= 0.3 is 10.3 Å². The fourth-order valence-corrected chi connectivity index (χ4v) is 2.43. The van der Waals surface area contributed by atoms with E-state index >= 15 is 0 Å². The first kappa shape index (κ1) is 11.9. The van der Waals surface area contributed by atoms with Crippen molar-refractivity contribution in [3.05, 3.63) is 36.0 Å². The molecule has 1 aromatic carbocycles. The summed E-state index contributed by atoms with van der Waals surface area (Å²) in [5, 5.41) is 0. The van der Waals surface area contributed by atoms with Crippen molar-refractivity contribution in [2.75, 3.05) is 21.1 Å². The molecule has 0 amide bonds. The molecule has 0 spiro atoms. The number of nitrogens with zero attached hydrogens (tertiary/aromatic N) is 1. The minimum absolute atomic E-state index is 0.353. The van der Waals surface area contributed by atoms with Gasteiger partial charge in [0.25, 0.3) is 0 Å². The number of fused-ring (bicyclic) bond motifs is 1. The number of benzene rings is 1. The Balaban J connectivity index is 2.59. The zero-order valence-corrected chi connectivity index (χ0v) is 10.8. The molecule has 1 aliphatic rings. The lowest BCUT2D eigenvalue weighted by atomic mass is 10.1. The number of rotatable bonds is 1. The minimum Gasteiger partial charge on any atom is -0.366 e. The highest BCUT2D eigenvalue weighted by atomic mass is 32.2. The summed E-state index contributed by atoms with van der Waals surface area (Å²) < 4.78 is 30.8. The molecule has 0 unspecified atom stereocenters. The van der Waals surface area contributed by atoms with Crippen molar-refractivity contribution in [3.8, 4) is 5.75 Å². The van der Waals surface area contributed by atoms with Crippen LogP contribution in [0.5, 0.6) is 5.75 Å². The fraction of sp³-hybridized carbons (Fsp3) is 0.273. The summed E-state index contributed by atoms with van der Waals surface area (Å²) in [4.78, 5) is 0. The molecule has 0 aliphatic carbocycles. The van der Waals surface area contributed by atoms with Gasteiger partial charge in [-0.1, -0.05) is 12.1 Å². The second-order valence-corrected chi connectivity index (χ2v) is 6.07. The Hall–Kier alpha value is -1.53. The largest absolute Gasteiger partial charge is 0.407 e. The summed E-state index contributed by atoms with van der Waals surface area (Å²) in [5.41, 5.74) is 1.29. The smallest absolute Gasteiger partial charge is 0.366 e. The first-order chi connectivity index (χ1) is 7.77. The molecule has 1 heterocycles. The quantitative estimate of drug-likeness (QED) is 0.759. The van der Waals surface area contributed by atoms with E-state index in [-0.39, 0.29) is 0 Å². The van der Waals surface area contributed by atoms with Gasteiger partial charge in [-0.3, -0.25) is 0 Å². The molecular weight excluding hydrogens is 240 g/mol. The van der Waals surface area contributed by atoms with Crippen molar-refractivity contribution in [2.45, 2.75) is 0 Å². The number of nitrogens with one attached hydrogen (secondary N) is 1. The number of quaternary nitrogens is 1. The van der Waals surface area contributed by atoms with Crippen molar-refractivity contribution in [3.63, 3.8) is 0 Å². The van der Waals surface area contributed by atoms with E-state index in [2.05, 4.69) is 4.72 Å². The third kappa shape index (κ3) is 2.78. The Kier molecular flexibility index (Phi) is 2.63. The van der Waals surface area contributed by atoms with Crippen molar-refractivity contribution in [2.24, 2.45) is 0 Å². The molecule has 1 N–H and O–H groups in total. The average Bonchev–Trinajstić information content (AvgIpc) is 2.13. The molecular formula is C11H15N2O3S+. The molecule has 0 aromatic heterocycles. The highest BCUT2D eigenvalue weighted by molar-refractivity contribution is 7.85. The zero-order chi connectivity index (χ0) is 12.7. The third-order valence-electron chi connectivity index (χ3n) is 2.13. The highest BCUT2D eigenvalue weighted by Gasteiger charge is 2.27. The number of hydrogen-bond donors (Lipinski definition) is 1. The van der Waals surface area contributed by atoms with Gasteiger partial charge in [-0.05, 0) is 12.1 Å². The summed E-state index contributed by atoms with van der Waals surface area (Å²) in [7, 11) is 2.09. The lowest BCUT2D eigenvalue weighted by molar-refractivity contribution is -0.816. The van der Waals surface area contributed by atoms with Gasteiger partial charge in [-0.2, -0.15) is 8.42 Å². The number of para-hydroxylation sites is 1. The molecule has 0 fully saturated rings. The van der Waals surface area contributed by atoms with Crippen LogP contribution in [0, 0.1) is 0 Å². The average molecular weight is 255 g/mol. The Labute approximate surface area is 101 Å². The third-order valence-corrected chi connectivity index (χ3v) is 3.00. The Morgan fingerprint density at radius 1 is 1.24 bits per heavy atom. The van der Waals surface area contributed by atoms with Gasteiger partial charge < -0.3 is 8.67 Å². The van der Waals surface area contributed by atoms with E-state index in [1.807, 2.05) is 39.5 Å². The topological polar surface area (TPSA) is 55.4 Å². The molecule has 92 valence electrons. The summed E-state index contributed by atoms with van der Waals surface area (Å²) in [6.45, 7) is 0. The second kappa shape index (κ2) is 3.75. The zero-order valence-electron chi connectivity index (χ0n) is 9.97. The minimum atomic E-state index is -3.75.